The number of thiocyanates is 1. The average Bonchev–Trinajstić information content (AvgIpc) is 3.94. The van der Waals surface area contributed by atoms with Gasteiger partial charge in [0.05, 0.1) is 19.5 Å². The van der Waals surface area contributed by atoms with Gasteiger partial charge in [-0.05, 0) is 151 Å². The second kappa shape index (κ2) is 25.3. The molecule has 6 rings (SSSR count). The quantitative estimate of drug-likeness (QED) is 0.0323. The van der Waals surface area contributed by atoms with E-state index in [4.69, 9.17) is 23.2 Å². The van der Waals surface area contributed by atoms with Crippen LogP contribution in [0.1, 0.15) is 83.1 Å². The van der Waals surface area contributed by atoms with Gasteiger partial charge < -0.3 is 27.0 Å². The molecule has 0 radical (unpaired) electrons. The van der Waals surface area contributed by atoms with Crippen LogP contribution in [-0.4, -0.2) is 66.1 Å². The van der Waals surface area contributed by atoms with Gasteiger partial charge in [-0.3, -0.25) is 9.59 Å². The maximum atomic E-state index is 13.4. The molecule has 16 nitrogen and oxygen atoms in total. The minimum Gasteiger partial charge on any atom is -0.399 e. The first-order chi connectivity index (χ1) is 33.4. The molecule has 72 heavy (non-hydrogen) atoms. The number of nitrogens with one attached hydrogen (secondary N) is 6. The van der Waals surface area contributed by atoms with Gasteiger partial charge in [-0.1, -0.05) is 38.1 Å². The number of nitriles is 1. The molecule has 0 spiro atoms. The number of nitrogens with two attached hydrogens (primary N) is 1. The van der Waals surface area contributed by atoms with Gasteiger partial charge >= 0.3 is 0 Å². The van der Waals surface area contributed by atoms with E-state index in [1.54, 1.807) is 84.3 Å². The Labute approximate surface area is 441 Å². The summed E-state index contributed by atoms with van der Waals surface area (Å²) in [5.74, 6) is -0.275. The van der Waals surface area contributed by atoms with E-state index in [-0.39, 0.29) is 27.6 Å². The van der Waals surface area contributed by atoms with Gasteiger partial charge in [0, 0.05) is 82.5 Å². The number of hydrogen-bond donors (Lipinski definition) is 7. The zero-order valence-corrected chi connectivity index (χ0v) is 47.1. The van der Waals surface area contributed by atoms with Crippen LogP contribution >= 0.6 is 46.7 Å². The first-order valence-electron chi connectivity index (χ1n) is 22.4. The highest BCUT2D eigenvalue weighted by molar-refractivity contribution is 8.04. The number of benzene rings is 4. The standard InChI is InChI=1S/C25H31N5O3S3.C21H24N4O3S2.C4H7NS/c1-15(2)27-24(34)29-19-11-12-20(22(13-19)36(32,33)30-25(4,5)6)23-26-14-21(35-23)17-7-9-18(10-8-17)28-16(3)31;1-13(26)24-16-8-5-14(6-9-16)18-12-23-20(29-18)17-10-7-15(22)11-19(17)30(27,28)25-21(2,3)4;1-4(2)6-3-5/h7-15,30H,1-6H3,(H,28,31)(H2,27,29,34);5-12,25H,22H2,1-4H3,(H,24,26);4H,1-2H3. The number of sulfonamides is 2. The summed E-state index contributed by atoms with van der Waals surface area (Å²) < 4.78 is 58.2. The van der Waals surface area contributed by atoms with Crippen LogP contribution in [0.3, 0.4) is 0 Å². The van der Waals surface area contributed by atoms with E-state index in [1.165, 1.54) is 54.3 Å². The summed E-state index contributed by atoms with van der Waals surface area (Å²) in [6.45, 7) is 21.5. The molecule has 384 valence electrons. The Bertz CT molecular complexity index is 3120. The molecule has 2 heterocycles. The summed E-state index contributed by atoms with van der Waals surface area (Å²) >= 11 is 9.39. The Kier molecular flexibility index (Phi) is 20.6. The Balaban J connectivity index is 0.000000284. The number of carbonyl (C=O) groups excluding carboxylic acids is 2. The van der Waals surface area contributed by atoms with E-state index in [2.05, 4.69) is 40.7 Å². The van der Waals surface area contributed by atoms with Crippen molar-refractivity contribution < 1.29 is 26.4 Å². The molecule has 0 aliphatic heterocycles. The van der Waals surface area contributed by atoms with Gasteiger partial charge in [0.25, 0.3) is 0 Å². The maximum Gasteiger partial charge on any atom is 0.241 e. The van der Waals surface area contributed by atoms with Crippen LogP contribution in [0, 0.1) is 10.7 Å². The Hall–Kier alpha value is -5.77. The third-order valence-corrected chi connectivity index (χ3v) is 15.4. The molecule has 0 atom stereocenters. The molecule has 22 heteroatoms. The Morgan fingerprint density at radius 3 is 1.42 bits per heavy atom. The highest BCUT2D eigenvalue weighted by atomic mass is 32.2. The number of rotatable bonds is 13. The third kappa shape index (κ3) is 18.7. The molecule has 6 aromatic rings. The number of thiocarbonyl (C=S) groups is 1. The summed E-state index contributed by atoms with van der Waals surface area (Å²) in [4.78, 5) is 33.4. The molecule has 0 aliphatic rings. The second-order valence-electron chi connectivity index (χ2n) is 18.8. The summed E-state index contributed by atoms with van der Waals surface area (Å²) in [5.41, 5.74) is 9.70. The first-order valence-corrected chi connectivity index (χ1v) is 28.3. The largest absolute Gasteiger partial charge is 0.399 e. The fourth-order valence-corrected chi connectivity index (χ4v) is 12.2. The van der Waals surface area contributed by atoms with Crippen molar-refractivity contribution in [1.82, 2.24) is 24.7 Å². The van der Waals surface area contributed by atoms with Crippen molar-refractivity contribution in [2.75, 3.05) is 21.7 Å². The van der Waals surface area contributed by atoms with Crippen LogP contribution in [0.15, 0.2) is 107 Å². The molecule has 0 aliphatic carbocycles. The maximum absolute atomic E-state index is 13.4. The molecule has 0 unspecified atom stereocenters. The van der Waals surface area contributed by atoms with Crippen molar-refractivity contribution in [3.8, 4) is 47.4 Å². The summed E-state index contributed by atoms with van der Waals surface area (Å²) in [6.07, 6.45) is 3.42. The predicted octanol–water partition coefficient (Wildman–Crippen LogP) is 10.9. The Morgan fingerprint density at radius 1 is 0.653 bits per heavy atom. The fourth-order valence-electron chi connectivity index (χ4n) is 6.29. The minimum absolute atomic E-state index is 0.0966. The minimum atomic E-state index is -3.88. The number of anilines is 4. The summed E-state index contributed by atoms with van der Waals surface area (Å²) in [7, 11) is -7.67. The van der Waals surface area contributed by atoms with Crippen LogP contribution in [0.25, 0.3) is 42.0 Å². The molecular formula is C50H62N10O6S6. The van der Waals surface area contributed by atoms with Gasteiger partial charge in [0.15, 0.2) is 5.11 Å². The zero-order chi connectivity index (χ0) is 53.8. The van der Waals surface area contributed by atoms with Crippen molar-refractivity contribution >= 4 is 106 Å². The number of hydrogen-bond acceptors (Lipinski definition) is 14. The number of thiazole rings is 2. The van der Waals surface area contributed by atoms with Gasteiger partial charge in [-0.15, -0.1) is 22.7 Å². The number of thioether (sulfide) groups is 1. The topological polar surface area (TPSA) is 250 Å². The molecule has 0 saturated heterocycles. The molecule has 2 amide bonds. The van der Waals surface area contributed by atoms with E-state index < -0.39 is 31.1 Å². The smallest absolute Gasteiger partial charge is 0.241 e. The van der Waals surface area contributed by atoms with Crippen LogP contribution in [0.4, 0.5) is 22.7 Å². The Morgan fingerprint density at radius 2 is 1.06 bits per heavy atom. The van der Waals surface area contributed by atoms with Crippen LogP contribution in [0.5, 0.6) is 0 Å². The fraction of sp³-hybridized carbons (Fsp3) is 0.320. The zero-order valence-electron chi connectivity index (χ0n) is 42.2. The second-order valence-corrected chi connectivity index (χ2v) is 25.9. The van der Waals surface area contributed by atoms with E-state index in [9.17, 15) is 26.4 Å². The van der Waals surface area contributed by atoms with E-state index in [0.717, 1.165) is 20.9 Å². The van der Waals surface area contributed by atoms with Crippen molar-refractivity contribution in [3.63, 3.8) is 0 Å². The number of nitrogens with zero attached hydrogens (tertiary/aromatic N) is 3. The average molecular weight is 1090 g/mol. The summed E-state index contributed by atoms with van der Waals surface area (Å²) in [5, 5.41) is 23.6. The van der Waals surface area contributed by atoms with E-state index >= 15 is 0 Å². The summed E-state index contributed by atoms with van der Waals surface area (Å²) in [6, 6.07) is 24.8. The lowest BCUT2D eigenvalue weighted by Gasteiger charge is -2.22. The molecular weight excluding hydrogens is 1030 g/mol. The number of aromatic nitrogens is 2. The number of amides is 2. The number of carbonyl (C=O) groups is 2. The van der Waals surface area contributed by atoms with E-state index in [1.807, 2.05) is 81.6 Å². The third-order valence-electron chi connectivity index (χ3n) is 8.87. The van der Waals surface area contributed by atoms with Crippen molar-refractivity contribution in [3.05, 3.63) is 97.3 Å². The van der Waals surface area contributed by atoms with Gasteiger partial charge in [-0.25, -0.2) is 36.2 Å². The molecule has 0 saturated carbocycles. The highest BCUT2D eigenvalue weighted by Crippen LogP contribution is 2.38. The lowest BCUT2D eigenvalue weighted by Crippen LogP contribution is -2.40. The number of nitrogen functional groups attached to an aromatic ring is 1. The van der Waals surface area contributed by atoms with E-state index in [0.29, 0.717) is 54.3 Å². The molecule has 2 aromatic heterocycles. The lowest BCUT2D eigenvalue weighted by atomic mass is 10.1. The predicted molar refractivity (Wildman–Crippen MR) is 302 cm³/mol. The first kappa shape index (κ1) is 58.8. The molecule has 8 N–H and O–H groups in total. The molecule has 0 bridgehead atoms. The lowest BCUT2D eigenvalue weighted by molar-refractivity contribution is -0.115. The van der Waals surface area contributed by atoms with Crippen molar-refractivity contribution in [1.29, 1.82) is 5.26 Å². The normalized spacial score (nSPS) is 11.6. The van der Waals surface area contributed by atoms with Crippen molar-refractivity contribution in [2.45, 2.75) is 115 Å². The van der Waals surface area contributed by atoms with Gasteiger partial charge in [0.1, 0.15) is 15.4 Å². The monoisotopic (exact) mass is 1090 g/mol. The van der Waals surface area contributed by atoms with Crippen LogP contribution in [-0.2, 0) is 29.6 Å². The molecule has 4 aromatic carbocycles. The van der Waals surface area contributed by atoms with Crippen LogP contribution < -0.4 is 36.4 Å². The van der Waals surface area contributed by atoms with Gasteiger partial charge in [-0.2, -0.15) is 5.26 Å². The highest BCUT2D eigenvalue weighted by Gasteiger charge is 2.28. The molecule has 0 fully saturated rings. The van der Waals surface area contributed by atoms with Crippen molar-refractivity contribution in [2.24, 2.45) is 0 Å². The SMILES string of the molecule is CC(=O)Nc1ccc(-c2cnc(-c3ccc(N)cc3S(=O)(=O)NC(C)(C)C)s2)cc1.CC(=O)Nc1ccc(-c2cnc(-c3ccc(NC(=S)NC(C)C)cc3S(=O)(=O)NC(C)(C)C)s2)cc1.CC(C)SC#N. The van der Waals surface area contributed by atoms with Crippen LogP contribution in [0.2, 0.25) is 0 Å². The van der Waals surface area contributed by atoms with Gasteiger partial charge in [0.2, 0.25) is 31.9 Å².